The molecule has 0 spiro atoms. The number of ketones is 1. The molecule has 0 aliphatic carbocycles. The first-order chi connectivity index (χ1) is 7.06. The number of carbonyl (C=O) groups is 2. The van der Waals surface area contributed by atoms with E-state index >= 15 is 0 Å². The molecule has 6 nitrogen and oxygen atoms in total. The van der Waals surface area contributed by atoms with Gasteiger partial charge in [0.25, 0.3) is 0 Å². The van der Waals surface area contributed by atoms with Crippen molar-refractivity contribution in [3.63, 3.8) is 0 Å². The summed E-state index contributed by atoms with van der Waals surface area (Å²) in [4.78, 5) is 21.7. The maximum atomic E-state index is 10.9. The largest absolute Gasteiger partial charge is 0.463 e. The minimum absolute atomic E-state index is 0.155. The van der Waals surface area contributed by atoms with Crippen molar-refractivity contribution in [2.45, 2.75) is 31.7 Å². The molecule has 1 rings (SSSR count). The molecular formula is C9H14O6. The Morgan fingerprint density at radius 2 is 2.27 bits per heavy atom. The van der Waals surface area contributed by atoms with Crippen LogP contribution in [0.3, 0.4) is 0 Å². The molecule has 0 aromatic rings. The first kappa shape index (κ1) is 12.1. The Morgan fingerprint density at radius 1 is 1.60 bits per heavy atom. The Morgan fingerprint density at radius 3 is 2.87 bits per heavy atom. The Labute approximate surface area is 86.8 Å². The van der Waals surface area contributed by atoms with Crippen LogP contribution in [0, 0.1) is 0 Å². The lowest BCUT2D eigenvalue weighted by Gasteiger charge is -2.30. The second-order valence-corrected chi connectivity index (χ2v) is 3.29. The monoisotopic (exact) mass is 218 g/mol. The number of hydrogen-bond acceptors (Lipinski definition) is 6. The van der Waals surface area contributed by atoms with Crippen LogP contribution in [0.2, 0.25) is 0 Å². The van der Waals surface area contributed by atoms with E-state index in [0.717, 1.165) is 0 Å². The fourth-order valence-corrected chi connectivity index (χ4v) is 1.19. The first-order valence-electron chi connectivity index (χ1n) is 4.72. The summed E-state index contributed by atoms with van der Waals surface area (Å²) in [6.45, 7) is 1.21. The van der Waals surface area contributed by atoms with Gasteiger partial charge in [-0.15, -0.1) is 0 Å². The highest BCUT2D eigenvalue weighted by Crippen LogP contribution is 2.12. The maximum absolute atomic E-state index is 10.9. The van der Waals surface area contributed by atoms with Crippen molar-refractivity contribution >= 4 is 11.8 Å². The van der Waals surface area contributed by atoms with E-state index in [1.54, 1.807) is 6.92 Å². The summed E-state index contributed by atoms with van der Waals surface area (Å²) in [7, 11) is 0. The van der Waals surface area contributed by atoms with Gasteiger partial charge in [0.15, 0.2) is 5.78 Å². The van der Waals surface area contributed by atoms with E-state index in [4.69, 9.17) is 9.47 Å². The van der Waals surface area contributed by atoms with Crippen LogP contribution < -0.4 is 0 Å². The van der Waals surface area contributed by atoms with Crippen molar-refractivity contribution in [1.82, 2.24) is 0 Å². The summed E-state index contributed by atoms with van der Waals surface area (Å²) in [6, 6.07) is 0. The smallest absolute Gasteiger partial charge is 0.305 e. The van der Waals surface area contributed by atoms with Crippen molar-refractivity contribution in [2.24, 2.45) is 0 Å². The van der Waals surface area contributed by atoms with E-state index in [2.05, 4.69) is 0 Å². The molecule has 15 heavy (non-hydrogen) atoms. The van der Waals surface area contributed by atoms with E-state index in [-0.39, 0.29) is 19.6 Å². The molecule has 3 atom stereocenters. The van der Waals surface area contributed by atoms with Crippen molar-refractivity contribution in [3.8, 4) is 0 Å². The second kappa shape index (κ2) is 5.20. The zero-order valence-corrected chi connectivity index (χ0v) is 8.38. The lowest BCUT2D eigenvalue weighted by atomic mass is 10.0. The molecule has 0 aromatic heterocycles. The van der Waals surface area contributed by atoms with Crippen LogP contribution in [0.5, 0.6) is 0 Å². The standard InChI is InChI=1S/C9H14O6/c1-2-7(11)15-4-6-9(13)8(12)5(10)3-14-6/h6,8-9,12-13H,2-4H2,1H3/t6?,8?,9-/m0/s1. The van der Waals surface area contributed by atoms with Gasteiger partial charge in [0, 0.05) is 6.42 Å². The molecule has 0 radical (unpaired) electrons. The molecule has 0 saturated carbocycles. The number of hydrogen-bond donors (Lipinski definition) is 2. The molecule has 1 saturated heterocycles. The summed E-state index contributed by atoms with van der Waals surface area (Å²) < 4.78 is 9.67. The molecule has 0 aromatic carbocycles. The van der Waals surface area contributed by atoms with E-state index in [1.165, 1.54) is 0 Å². The number of aliphatic hydroxyl groups is 2. The quantitative estimate of drug-likeness (QED) is 0.568. The van der Waals surface area contributed by atoms with Gasteiger partial charge in [0.1, 0.15) is 31.5 Å². The molecule has 0 bridgehead atoms. The molecule has 6 heteroatoms. The third-order valence-corrected chi connectivity index (χ3v) is 2.17. The average molecular weight is 218 g/mol. The molecule has 1 aliphatic rings. The number of Topliss-reactive ketones (excluding diaryl/α,β-unsaturated/α-hetero) is 1. The van der Waals surface area contributed by atoms with E-state index in [1.807, 2.05) is 0 Å². The van der Waals surface area contributed by atoms with Crippen LogP contribution in [0.4, 0.5) is 0 Å². The zero-order chi connectivity index (χ0) is 11.4. The molecule has 2 N–H and O–H groups in total. The van der Waals surface area contributed by atoms with Gasteiger partial charge in [0.05, 0.1) is 0 Å². The third-order valence-electron chi connectivity index (χ3n) is 2.17. The first-order valence-corrected chi connectivity index (χ1v) is 4.72. The summed E-state index contributed by atoms with van der Waals surface area (Å²) in [5.41, 5.74) is 0. The summed E-state index contributed by atoms with van der Waals surface area (Å²) >= 11 is 0. The fraction of sp³-hybridized carbons (Fsp3) is 0.778. The molecule has 0 amide bonds. The van der Waals surface area contributed by atoms with Crippen molar-refractivity contribution in [3.05, 3.63) is 0 Å². The van der Waals surface area contributed by atoms with Gasteiger partial charge in [-0.1, -0.05) is 6.92 Å². The Balaban J connectivity index is 2.42. The topological polar surface area (TPSA) is 93.1 Å². The van der Waals surface area contributed by atoms with E-state index < -0.39 is 30.1 Å². The van der Waals surface area contributed by atoms with Gasteiger partial charge in [-0.3, -0.25) is 9.59 Å². The highest BCUT2D eigenvalue weighted by Gasteiger charge is 2.37. The number of ether oxygens (including phenoxy) is 2. The van der Waals surface area contributed by atoms with Gasteiger partial charge < -0.3 is 19.7 Å². The van der Waals surface area contributed by atoms with Crippen molar-refractivity contribution < 1.29 is 29.3 Å². The SMILES string of the molecule is CCC(=O)OCC1OCC(=O)C(O)[C@H]1O. The molecule has 1 aliphatic heterocycles. The van der Waals surface area contributed by atoms with Gasteiger partial charge in [-0.25, -0.2) is 0 Å². The highest BCUT2D eigenvalue weighted by atomic mass is 16.6. The number of esters is 1. The van der Waals surface area contributed by atoms with Crippen molar-refractivity contribution in [1.29, 1.82) is 0 Å². The molecule has 1 heterocycles. The third kappa shape index (κ3) is 2.98. The van der Waals surface area contributed by atoms with E-state index in [0.29, 0.717) is 0 Å². The van der Waals surface area contributed by atoms with Crippen LogP contribution in [0.1, 0.15) is 13.3 Å². The molecule has 1 fully saturated rings. The molecular weight excluding hydrogens is 204 g/mol. The predicted molar refractivity (Wildman–Crippen MR) is 48.0 cm³/mol. The summed E-state index contributed by atoms with van der Waals surface area (Å²) in [5, 5.41) is 18.6. The second-order valence-electron chi connectivity index (χ2n) is 3.29. The number of carbonyl (C=O) groups excluding carboxylic acids is 2. The summed E-state index contributed by atoms with van der Waals surface area (Å²) in [6.07, 6.45) is -3.40. The van der Waals surface area contributed by atoms with Crippen molar-refractivity contribution in [2.75, 3.05) is 13.2 Å². The fourth-order valence-electron chi connectivity index (χ4n) is 1.19. The maximum Gasteiger partial charge on any atom is 0.305 e. The normalized spacial score (nSPS) is 31.4. The molecule has 2 unspecified atom stereocenters. The minimum Gasteiger partial charge on any atom is -0.463 e. The lowest BCUT2D eigenvalue weighted by Crippen LogP contribution is -2.52. The van der Waals surface area contributed by atoms with Gasteiger partial charge in [-0.2, -0.15) is 0 Å². The zero-order valence-electron chi connectivity index (χ0n) is 8.38. The number of rotatable bonds is 3. The van der Waals surface area contributed by atoms with E-state index in [9.17, 15) is 19.8 Å². The Kier molecular flexibility index (Phi) is 4.19. The highest BCUT2D eigenvalue weighted by molar-refractivity contribution is 5.85. The number of aliphatic hydroxyl groups excluding tert-OH is 2. The van der Waals surface area contributed by atoms with Gasteiger partial charge >= 0.3 is 5.97 Å². The van der Waals surface area contributed by atoms with Gasteiger partial charge in [-0.05, 0) is 0 Å². The van der Waals surface area contributed by atoms with Crippen LogP contribution in [-0.4, -0.2) is 53.5 Å². The van der Waals surface area contributed by atoms with Crippen LogP contribution in [-0.2, 0) is 19.1 Å². The van der Waals surface area contributed by atoms with Crippen LogP contribution in [0.15, 0.2) is 0 Å². The van der Waals surface area contributed by atoms with Crippen LogP contribution in [0.25, 0.3) is 0 Å². The van der Waals surface area contributed by atoms with Crippen LogP contribution >= 0.6 is 0 Å². The Bertz CT molecular complexity index is 251. The predicted octanol–water partition coefficient (Wildman–Crippen LogP) is -1.37. The summed E-state index contributed by atoms with van der Waals surface area (Å²) in [5.74, 6) is -0.988. The Hall–Kier alpha value is -0.980. The average Bonchev–Trinajstić information content (AvgIpc) is 2.24. The lowest BCUT2D eigenvalue weighted by molar-refractivity contribution is -0.177. The van der Waals surface area contributed by atoms with Gasteiger partial charge in [0.2, 0.25) is 0 Å². The molecule has 86 valence electrons. The minimum atomic E-state index is -1.45.